The van der Waals surface area contributed by atoms with E-state index in [-0.39, 0.29) is 17.6 Å². The Labute approximate surface area is 190 Å². The number of amides is 2. The third-order valence-corrected chi connectivity index (χ3v) is 6.62. The molecule has 0 atom stereocenters. The van der Waals surface area contributed by atoms with Gasteiger partial charge in [-0.05, 0) is 81.7 Å². The zero-order valence-corrected chi connectivity index (χ0v) is 19.6. The Balaban J connectivity index is 1.73. The van der Waals surface area contributed by atoms with E-state index in [4.69, 9.17) is 0 Å². The Morgan fingerprint density at radius 3 is 2.06 bits per heavy atom. The number of aryl methyl sites for hydroxylation is 2. The molecule has 6 heteroatoms. The maximum atomic E-state index is 13.2. The first-order valence-corrected chi connectivity index (χ1v) is 11.3. The quantitative estimate of drug-likeness (QED) is 0.439. The first-order valence-electron chi connectivity index (χ1n) is 11.3. The summed E-state index contributed by atoms with van der Waals surface area (Å²) in [5, 5.41) is 2.62. The van der Waals surface area contributed by atoms with Crippen LogP contribution in [0.4, 0.5) is 0 Å². The van der Waals surface area contributed by atoms with Gasteiger partial charge in [0.1, 0.15) is 17.5 Å². The average molecular weight is 437 g/mol. The predicted molar refractivity (Wildman–Crippen MR) is 122 cm³/mol. The second kappa shape index (κ2) is 9.28. The van der Waals surface area contributed by atoms with Crippen molar-refractivity contribution in [3.8, 4) is 11.8 Å². The van der Waals surface area contributed by atoms with Gasteiger partial charge in [0, 0.05) is 37.5 Å². The number of ketones is 2. The molecule has 6 nitrogen and oxygen atoms in total. The van der Waals surface area contributed by atoms with Crippen LogP contribution in [0.3, 0.4) is 0 Å². The van der Waals surface area contributed by atoms with Crippen LogP contribution in [-0.2, 0) is 19.2 Å². The molecule has 0 bridgehead atoms. The van der Waals surface area contributed by atoms with Crippen molar-refractivity contribution < 1.29 is 19.2 Å². The van der Waals surface area contributed by atoms with Crippen molar-refractivity contribution in [1.82, 2.24) is 10.2 Å². The minimum absolute atomic E-state index is 0.0425. The molecule has 1 aromatic rings. The zero-order valence-electron chi connectivity index (χ0n) is 19.6. The number of hydrogen-bond acceptors (Lipinski definition) is 4. The fourth-order valence-corrected chi connectivity index (χ4v) is 5.16. The molecule has 1 aliphatic heterocycles. The predicted octanol–water partition coefficient (Wildman–Crippen LogP) is 2.82. The van der Waals surface area contributed by atoms with Gasteiger partial charge in [-0.1, -0.05) is 5.92 Å². The number of piperidine rings is 1. The molecule has 2 amide bonds. The standard InChI is InChI=1S/C26H32N2O4/c1-6-7-19-12-17(4)22(18(5)13-19)23-20(29)14-26(15-21(23)30)8-10-28(11-9-26)25(32)24(31)27-16(2)3/h12-13,16,23H,8-11,14-15H2,1-5H3,(H,27,31). The summed E-state index contributed by atoms with van der Waals surface area (Å²) in [4.78, 5) is 52.4. The molecule has 0 unspecified atom stereocenters. The normalized spacial score (nSPS) is 18.5. The summed E-state index contributed by atoms with van der Waals surface area (Å²) >= 11 is 0. The second-order valence-corrected chi connectivity index (χ2v) is 9.54. The number of benzene rings is 1. The van der Waals surface area contributed by atoms with Gasteiger partial charge < -0.3 is 10.2 Å². The number of carbonyl (C=O) groups is 4. The van der Waals surface area contributed by atoms with Gasteiger partial charge in [-0.3, -0.25) is 19.2 Å². The van der Waals surface area contributed by atoms with Crippen LogP contribution < -0.4 is 5.32 Å². The topological polar surface area (TPSA) is 83.6 Å². The smallest absolute Gasteiger partial charge is 0.311 e. The average Bonchev–Trinajstić information content (AvgIpc) is 2.69. The van der Waals surface area contributed by atoms with E-state index in [9.17, 15) is 19.2 Å². The molecule has 1 saturated carbocycles. The van der Waals surface area contributed by atoms with E-state index in [1.54, 1.807) is 20.8 Å². The first kappa shape index (κ1) is 23.7. The Hall–Kier alpha value is -2.94. The molecule has 32 heavy (non-hydrogen) atoms. The van der Waals surface area contributed by atoms with Crippen LogP contribution in [0, 0.1) is 31.1 Å². The second-order valence-electron chi connectivity index (χ2n) is 9.54. The number of carbonyl (C=O) groups excluding carboxylic acids is 4. The molecule has 2 fully saturated rings. The highest BCUT2D eigenvalue weighted by Crippen LogP contribution is 2.46. The van der Waals surface area contributed by atoms with E-state index < -0.39 is 23.1 Å². The molecule has 170 valence electrons. The monoisotopic (exact) mass is 436 g/mol. The van der Waals surface area contributed by atoms with Crippen LogP contribution in [0.1, 0.15) is 74.6 Å². The highest BCUT2D eigenvalue weighted by molar-refractivity contribution is 6.35. The third kappa shape index (κ3) is 4.77. The maximum absolute atomic E-state index is 13.2. The van der Waals surface area contributed by atoms with Gasteiger partial charge in [-0.15, -0.1) is 5.92 Å². The molecule has 2 aliphatic rings. The Bertz CT molecular complexity index is 977. The van der Waals surface area contributed by atoms with Gasteiger partial charge in [0.15, 0.2) is 0 Å². The van der Waals surface area contributed by atoms with Gasteiger partial charge in [0.05, 0.1) is 0 Å². The van der Waals surface area contributed by atoms with Crippen molar-refractivity contribution in [2.45, 2.75) is 72.3 Å². The highest BCUT2D eigenvalue weighted by Gasteiger charge is 2.48. The zero-order chi connectivity index (χ0) is 23.6. The van der Waals surface area contributed by atoms with E-state index in [0.29, 0.717) is 38.8 Å². The highest BCUT2D eigenvalue weighted by atomic mass is 16.2. The molecule has 0 aromatic heterocycles. The number of rotatable bonds is 2. The summed E-state index contributed by atoms with van der Waals surface area (Å²) in [6, 6.07) is 3.77. The fourth-order valence-electron chi connectivity index (χ4n) is 5.16. The maximum Gasteiger partial charge on any atom is 0.311 e. The molecule has 0 radical (unpaired) electrons. The van der Waals surface area contributed by atoms with Gasteiger partial charge in [0.2, 0.25) is 0 Å². The van der Waals surface area contributed by atoms with Crippen LogP contribution in [0.15, 0.2) is 12.1 Å². The summed E-state index contributed by atoms with van der Waals surface area (Å²) < 4.78 is 0. The molecular weight excluding hydrogens is 404 g/mol. The number of nitrogens with one attached hydrogen (secondary N) is 1. The van der Waals surface area contributed by atoms with Gasteiger partial charge >= 0.3 is 11.8 Å². The fraction of sp³-hybridized carbons (Fsp3) is 0.538. The Morgan fingerprint density at radius 1 is 1.06 bits per heavy atom. The van der Waals surface area contributed by atoms with Crippen molar-refractivity contribution in [1.29, 1.82) is 0 Å². The summed E-state index contributed by atoms with van der Waals surface area (Å²) in [5.41, 5.74) is 3.13. The lowest BCUT2D eigenvalue weighted by Crippen LogP contribution is -2.52. The van der Waals surface area contributed by atoms with Crippen LogP contribution >= 0.6 is 0 Å². The summed E-state index contributed by atoms with van der Waals surface area (Å²) in [5.74, 6) is 3.97. The van der Waals surface area contributed by atoms with Crippen molar-refractivity contribution in [2.24, 2.45) is 5.41 Å². The first-order chi connectivity index (χ1) is 15.1. The van der Waals surface area contributed by atoms with E-state index in [1.165, 1.54) is 4.90 Å². The van der Waals surface area contributed by atoms with Crippen molar-refractivity contribution in [3.63, 3.8) is 0 Å². The Morgan fingerprint density at radius 2 is 1.59 bits per heavy atom. The number of hydrogen-bond donors (Lipinski definition) is 1. The summed E-state index contributed by atoms with van der Waals surface area (Å²) in [6.45, 7) is 10.0. The van der Waals surface area contributed by atoms with E-state index in [2.05, 4.69) is 17.2 Å². The van der Waals surface area contributed by atoms with Crippen LogP contribution in [-0.4, -0.2) is 47.4 Å². The van der Waals surface area contributed by atoms with E-state index in [1.807, 2.05) is 26.0 Å². The summed E-state index contributed by atoms with van der Waals surface area (Å²) in [7, 11) is 0. The van der Waals surface area contributed by atoms with E-state index in [0.717, 1.165) is 22.3 Å². The lowest BCUT2D eigenvalue weighted by molar-refractivity contribution is -0.149. The van der Waals surface area contributed by atoms with Crippen LogP contribution in [0.2, 0.25) is 0 Å². The number of likely N-dealkylation sites (tertiary alicyclic amines) is 1. The van der Waals surface area contributed by atoms with Gasteiger partial charge in [0.25, 0.3) is 0 Å². The van der Waals surface area contributed by atoms with Gasteiger partial charge in [-0.2, -0.15) is 0 Å². The lowest BCUT2D eigenvalue weighted by atomic mass is 9.62. The SMILES string of the molecule is CC#Cc1cc(C)c(C2C(=O)CC3(CCN(C(=O)C(=O)NC(C)C)CC3)CC2=O)c(C)c1. The number of nitrogens with zero attached hydrogens (tertiary/aromatic N) is 1. The summed E-state index contributed by atoms with van der Waals surface area (Å²) in [6.07, 6.45) is 1.78. The minimum Gasteiger partial charge on any atom is -0.346 e. The molecule has 1 aliphatic carbocycles. The van der Waals surface area contributed by atoms with Crippen molar-refractivity contribution in [3.05, 3.63) is 34.4 Å². The minimum atomic E-state index is -0.722. The van der Waals surface area contributed by atoms with Crippen molar-refractivity contribution >= 4 is 23.4 Å². The molecular formula is C26H32N2O4. The molecule has 1 saturated heterocycles. The molecule has 1 N–H and O–H groups in total. The number of Topliss-reactive ketones (excluding diaryl/α,β-unsaturated/α-hetero) is 2. The third-order valence-electron chi connectivity index (χ3n) is 6.62. The molecule has 1 aromatic carbocycles. The van der Waals surface area contributed by atoms with Gasteiger partial charge in [-0.25, -0.2) is 0 Å². The van der Waals surface area contributed by atoms with E-state index >= 15 is 0 Å². The lowest BCUT2D eigenvalue weighted by Gasteiger charge is -2.44. The van der Waals surface area contributed by atoms with Crippen LogP contribution in [0.25, 0.3) is 0 Å². The molecule has 3 rings (SSSR count). The van der Waals surface area contributed by atoms with Crippen molar-refractivity contribution in [2.75, 3.05) is 13.1 Å². The van der Waals surface area contributed by atoms with Crippen LogP contribution in [0.5, 0.6) is 0 Å². The largest absolute Gasteiger partial charge is 0.346 e. The Kier molecular flexibility index (Phi) is 6.88. The molecule has 1 spiro atoms. The molecule has 1 heterocycles.